The van der Waals surface area contributed by atoms with Gasteiger partial charge in [-0.15, -0.1) is 0 Å². The summed E-state index contributed by atoms with van der Waals surface area (Å²) < 4.78 is 0. The van der Waals surface area contributed by atoms with Crippen LogP contribution in [0.5, 0.6) is 0 Å². The summed E-state index contributed by atoms with van der Waals surface area (Å²) in [7, 11) is 0. The molecule has 3 aliphatic heterocycles. The highest BCUT2D eigenvalue weighted by molar-refractivity contribution is 6.22. The minimum Gasteiger partial charge on any atom is -0.368 e. The van der Waals surface area contributed by atoms with Gasteiger partial charge in [-0.1, -0.05) is 24.6 Å². The van der Waals surface area contributed by atoms with E-state index < -0.39 is 23.4 Å². The number of amides is 5. The first-order valence-electron chi connectivity index (χ1n) is 10.5. The van der Waals surface area contributed by atoms with E-state index in [2.05, 4.69) is 9.89 Å². The average Bonchev–Trinajstić information content (AvgIpc) is 2.77. The molecule has 2 fully saturated rings. The van der Waals surface area contributed by atoms with E-state index in [9.17, 15) is 19.2 Å². The molecule has 0 aromatic rings. The van der Waals surface area contributed by atoms with E-state index in [1.54, 1.807) is 29.2 Å². The minimum absolute atomic E-state index is 0.317. The maximum atomic E-state index is 12.8. The number of nitrogens with zero attached hydrogens (tertiary/aromatic N) is 4. The summed E-state index contributed by atoms with van der Waals surface area (Å²) in [5.74, 6) is -1.71. The molecule has 1 unspecified atom stereocenters. The summed E-state index contributed by atoms with van der Waals surface area (Å²) in [5, 5.41) is 0. The van der Waals surface area contributed by atoms with Crippen LogP contribution in [0.1, 0.15) is 32.1 Å². The van der Waals surface area contributed by atoms with Crippen molar-refractivity contribution in [3.05, 3.63) is 24.3 Å². The van der Waals surface area contributed by atoms with Crippen LogP contribution in [0, 0.1) is 5.92 Å². The van der Waals surface area contributed by atoms with E-state index in [1.807, 2.05) is 0 Å². The molecule has 0 bridgehead atoms. The smallest absolute Gasteiger partial charge is 0.351 e. The van der Waals surface area contributed by atoms with Gasteiger partial charge < -0.3 is 10.6 Å². The number of fused-ring (bicyclic) bond motifs is 1. The predicted molar refractivity (Wildman–Crippen MR) is 109 cm³/mol. The molecule has 4 aliphatic rings. The summed E-state index contributed by atoms with van der Waals surface area (Å²) in [5.41, 5.74) is 5.48. The van der Waals surface area contributed by atoms with Gasteiger partial charge in [-0.2, -0.15) is 4.99 Å². The molecule has 9 heteroatoms. The third kappa shape index (κ3) is 3.58. The van der Waals surface area contributed by atoms with E-state index in [0.29, 0.717) is 31.6 Å². The van der Waals surface area contributed by atoms with Gasteiger partial charge in [0.2, 0.25) is 17.7 Å². The molecule has 160 valence electrons. The van der Waals surface area contributed by atoms with Crippen molar-refractivity contribution >= 4 is 29.5 Å². The minimum atomic E-state index is -0.716. The van der Waals surface area contributed by atoms with Crippen molar-refractivity contribution < 1.29 is 19.2 Å². The molecule has 0 radical (unpaired) electrons. The molecule has 5 amide bonds. The Hall–Kier alpha value is -2.81. The molecule has 4 rings (SSSR count). The van der Waals surface area contributed by atoms with Gasteiger partial charge in [0.05, 0.1) is 11.6 Å². The molecule has 3 heterocycles. The molecule has 0 aromatic carbocycles. The molecule has 0 saturated carbocycles. The Morgan fingerprint density at radius 3 is 2.43 bits per heavy atom. The fourth-order valence-electron chi connectivity index (χ4n) is 4.83. The lowest BCUT2D eigenvalue weighted by molar-refractivity contribution is -0.144. The monoisotopic (exact) mass is 413 g/mol. The number of hydrogen-bond acceptors (Lipinski definition) is 5. The van der Waals surface area contributed by atoms with Crippen molar-refractivity contribution in [3.8, 4) is 0 Å². The number of rotatable bonds is 4. The highest BCUT2D eigenvalue weighted by Gasteiger charge is 2.46. The number of nitrogens with two attached hydrogens (primary N) is 1. The number of imide groups is 1. The second-order valence-electron chi connectivity index (χ2n) is 8.29. The van der Waals surface area contributed by atoms with Crippen LogP contribution >= 0.6 is 0 Å². The van der Waals surface area contributed by atoms with Crippen LogP contribution in [0.3, 0.4) is 0 Å². The van der Waals surface area contributed by atoms with Crippen LogP contribution in [0.2, 0.25) is 0 Å². The van der Waals surface area contributed by atoms with Gasteiger partial charge in [-0.05, 0) is 44.8 Å². The van der Waals surface area contributed by atoms with Gasteiger partial charge in [0.15, 0.2) is 0 Å². The zero-order valence-corrected chi connectivity index (χ0v) is 17.0. The number of allylic oxidation sites excluding steroid dienone is 3. The Labute approximate surface area is 175 Å². The third-order valence-electron chi connectivity index (χ3n) is 6.64. The Bertz CT molecular complexity index is 847. The molecule has 2 saturated heterocycles. The number of carbonyl (C=O) groups is 4. The third-order valence-corrected chi connectivity index (χ3v) is 6.64. The zero-order valence-electron chi connectivity index (χ0n) is 17.0. The number of aliphatic imine (C=N–C) groups is 1. The summed E-state index contributed by atoms with van der Waals surface area (Å²) in [4.78, 5) is 58.8. The van der Waals surface area contributed by atoms with E-state index in [4.69, 9.17) is 5.73 Å². The summed E-state index contributed by atoms with van der Waals surface area (Å²) in [6.45, 7) is 2.09. The number of piperidine rings is 2. The van der Waals surface area contributed by atoms with Gasteiger partial charge in [-0.25, -0.2) is 4.79 Å². The normalized spacial score (nSPS) is 26.4. The van der Waals surface area contributed by atoms with Crippen molar-refractivity contribution in [2.45, 2.75) is 37.6 Å². The number of primary amides is 1. The van der Waals surface area contributed by atoms with Crippen molar-refractivity contribution in [3.63, 3.8) is 0 Å². The van der Waals surface area contributed by atoms with Crippen LogP contribution in [-0.4, -0.2) is 82.4 Å². The quantitative estimate of drug-likeness (QED) is 0.719. The first kappa shape index (κ1) is 20.5. The van der Waals surface area contributed by atoms with Crippen LogP contribution in [0.15, 0.2) is 29.3 Å². The van der Waals surface area contributed by atoms with Gasteiger partial charge in [-0.3, -0.25) is 24.2 Å². The lowest BCUT2D eigenvalue weighted by Crippen LogP contribution is -2.64. The number of carbonyl (C=O) groups excluding carboxylic acids is 4. The fourth-order valence-corrected chi connectivity index (χ4v) is 4.83. The first-order chi connectivity index (χ1) is 14.4. The topological polar surface area (TPSA) is 116 Å². The molecule has 1 aliphatic carbocycles. The van der Waals surface area contributed by atoms with Gasteiger partial charge in [0.1, 0.15) is 12.1 Å². The summed E-state index contributed by atoms with van der Waals surface area (Å²) >= 11 is 0. The maximum Gasteiger partial charge on any atom is 0.351 e. The van der Waals surface area contributed by atoms with Crippen LogP contribution in [0.25, 0.3) is 0 Å². The van der Waals surface area contributed by atoms with E-state index in [1.165, 1.54) is 0 Å². The molecule has 9 nitrogen and oxygen atoms in total. The molecule has 2 N–H and O–H groups in total. The Balaban J connectivity index is 1.41. The van der Waals surface area contributed by atoms with Crippen LogP contribution in [-0.2, 0) is 14.4 Å². The number of hydrogen-bond donors (Lipinski definition) is 1. The summed E-state index contributed by atoms with van der Waals surface area (Å²) in [6, 6.07) is -0.712. The van der Waals surface area contributed by atoms with E-state index in [0.717, 1.165) is 37.3 Å². The standard InChI is InChI=1S/C21H27N5O4/c22-19(29)21(25-10-4-1-5-11-25)8-12-24(13-9-21)17(27)14-26-18(28)15-6-2-3-7-16(15)23-20(26)30/h2-3,6-7,15H,1,4-5,8-14H2,(H2,22,29). The Morgan fingerprint density at radius 2 is 1.77 bits per heavy atom. The van der Waals surface area contributed by atoms with Crippen molar-refractivity contribution in [2.24, 2.45) is 16.6 Å². The van der Waals surface area contributed by atoms with Crippen molar-refractivity contribution in [2.75, 3.05) is 32.7 Å². The second-order valence-corrected chi connectivity index (χ2v) is 8.29. The van der Waals surface area contributed by atoms with Crippen LogP contribution < -0.4 is 5.73 Å². The number of urea groups is 1. The van der Waals surface area contributed by atoms with E-state index >= 15 is 0 Å². The lowest BCUT2D eigenvalue weighted by atomic mass is 9.83. The largest absolute Gasteiger partial charge is 0.368 e. The van der Waals surface area contributed by atoms with Crippen LogP contribution in [0.4, 0.5) is 4.79 Å². The molecule has 1 atom stereocenters. The van der Waals surface area contributed by atoms with Gasteiger partial charge in [0.25, 0.3) is 0 Å². The molecule has 30 heavy (non-hydrogen) atoms. The Morgan fingerprint density at radius 1 is 1.07 bits per heavy atom. The molecular formula is C21H27N5O4. The lowest BCUT2D eigenvalue weighted by Gasteiger charge is -2.48. The highest BCUT2D eigenvalue weighted by Crippen LogP contribution is 2.31. The SMILES string of the molecule is NC(=O)C1(N2CCCCC2)CCN(C(=O)CN2C(=O)N=C3C=CC=CC3C2=O)CC1. The van der Waals surface area contributed by atoms with Crippen molar-refractivity contribution in [1.82, 2.24) is 14.7 Å². The molecule has 0 spiro atoms. The average molecular weight is 413 g/mol. The van der Waals surface area contributed by atoms with Gasteiger partial charge in [0, 0.05) is 13.1 Å². The zero-order chi connectivity index (χ0) is 21.3. The fraction of sp³-hybridized carbons (Fsp3) is 0.571. The summed E-state index contributed by atoms with van der Waals surface area (Å²) in [6.07, 6.45) is 10.9. The maximum absolute atomic E-state index is 12.8. The first-order valence-corrected chi connectivity index (χ1v) is 10.5. The Kier molecular flexibility index (Phi) is 5.55. The predicted octanol–water partition coefficient (Wildman–Crippen LogP) is 0.464. The second kappa shape index (κ2) is 8.14. The highest BCUT2D eigenvalue weighted by atomic mass is 16.2. The number of likely N-dealkylation sites (tertiary alicyclic amines) is 2. The van der Waals surface area contributed by atoms with Crippen molar-refractivity contribution in [1.29, 1.82) is 0 Å². The van der Waals surface area contributed by atoms with Gasteiger partial charge >= 0.3 is 6.03 Å². The van der Waals surface area contributed by atoms with E-state index in [-0.39, 0.29) is 18.4 Å². The molecule has 0 aromatic heterocycles. The molecular weight excluding hydrogens is 386 g/mol.